The molecule has 0 aliphatic carbocycles. The molecule has 2 heteroatoms. The average Bonchev–Trinajstić information content (AvgIpc) is 3.57. The van der Waals surface area contributed by atoms with Crippen molar-refractivity contribution in [3.05, 3.63) is 18.2 Å². The van der Waals surface area contributed by atoms with Gasteiger partial charge in [-0.3, -0.25) is 0 Å². The largest absolute Gasteiger partial charge is 0.256 e. The molecule has 54 heavy (non-hydrogen) atoms. The molecule has 0 radical (unpaired) electrons. The Hall–Kier alpha value is -0.790. The lowest BCUT2D eigenvalue weighted by atomic mass is 10.0. The molecule has 320 valence electrons. The molecule has 0 N–H and O–H groups in total. The number of unbranched alkanes of at least 4 members (excludes halogenated alkanes) is 40. The summed E-state index contributed by atoms with van der Waals surface area (Å²) in [6.45, 7) is 9.42. The minimum Gasteiger partial charge on any atom is -0.234 e. The molecule has 0 aliphatic heterocycles. The second kappa shape index (κ2) is 43.3. The van der Waals surface area contributed by atoms with Crippen molar-refractivity contribution >= 4 is 0 Å². The summed E-state index contributed by atoms with van der Waals surface area (Å²) in [7, 11) is 0. The fourth-order valence-corrected chi connectivity index (χ4v) is 8.80. The van der Waals surface area contributed by atoms with E-state index in [1.807, 2.05) is 0 Å². The Bertz CT molecular complexity index is 826. The zero-order valence-corrected chi connectivity index (χ0v) is 38.1. The van der Waals surface area contributed by atoms with E-state index in [0.29, 0.717) is 0 Å². The smallest absolute Gasteiger partial charge is 0.234 e. The second-order valence-corrected chi connectivity index (χ2v) is 18.0. The van der Waals surface area contributed by atoms with Crippen molar-refractivity contribution in [2.75, 3.05) is 0 Å². The van der Waals surface area contributed by atoms with Crippen molar-refractivity contribution in [3.63, 3.8) is 0 Å². The first-order valence-electron chi connectivity index (χ1n) is 25.9. The van der Waals surface area contributed by atoms with E-state index in [9.17, 15) is 0 Å². The predicted molar refractivity (Wildman–Crippen MR) is 244 cm³/mol. The number of aromatic nitrogens is 2. The Balaban J connectivity index is 2.21. The SMILES string of the molecule is CCCCCCCCCCCCCCCCCCC[n+]1ccn(CCCCCCCCCCCCCCCCCC)c1CCCCCCCCCCCC. The fraction of sp³-hybridized carbons (Fsp3) is 0.942. The summed E-state index contributed by atoms with van der Waals surface area (Å²) in [6.07, 6.45) is 68.3. The minimum atomic E-state index is 1.23. The lowest BCUT2D eigenvalue weighted by molar-refractivity contribution is -0.704. The zero-order valence-electron chi connectivity index (χ0n) is 38.1. The van der Waals surface area contributed by atoms with Crippen LogP contribution in [0.5, 0.6) is 0 Å². The summed E-state index contributed by atoms with van der Waals surface area (Å²) in [6, 6.07) is 0. The van der Waals surface area contributed by atoms with Crippen LogP contribution < -0.4 is 4.57 Å². The molecule has 2 nitrogen and oxygen atoms in total. The third-order valence-corrected chi connectivity index (χ3v) is 12.6. The number of nitrogens with zero attached hydrogens (tertiary/aromatic N) is 2. The van der Waals surface area contributed by atoms with E-state index in [-0.39, 0.29) is 0 Å². The van der Waals surface area contributed by atoms with Gasteiger partial charge in [0.15, 0.2) is 0 Å². The van der Waals surface area contributed by atoms with Crippen LogP contribution in [-0.4, -0.2) is 4.57 Å². The zero-order chi connectivity index (χ0) is 38.7. The molecule has 0 amide bonds. The van der Waals surface area contributed by atoms with E-state index in [0.717, 1.165) is 0 Å². The highest BCUT2D eigenvalue weighted by atomic mass is 15.1. The van der Waals surface area contributed by atoms with Crippen LogP contribution in [0, 0.1) is 0 Å². The van der Waals surface area contributed by atoms with E-state index in [1.165, 1.54) is 296 Å². The van der Waals surface area contributed by atoms with Gasteiger partial charge in [-0.15, -0.1) is 0 Å². The molecule has 0 saturated carbocycles. The Morgan fingerprint density at radius 3 is 0.889 bits per heavy atom. The summed E-state index contributed by atoms with van der Waals surface area (Å²) in [5.74, 6) is 1.63. The monoisotopic (exact) mass is 756 g/mol. The molecule has 0 aliphatic rings. The molecule has 0 unspecified atom stereocenters. The van der Waals surface area contributed by atoms with Gasteiger partial charge >= 0.3 is 0 Å². The second-order valence-electron chi connectivity index (χ2n) is 18.0. The minimum absolute atomic E-state index is 1.23. The number of rotatable bonds is 46. The molecule has 0 fully saturated rings. The van der Waals surface area contributed by atoms with Crippen molar-refractivity contribution in [2.24, 2.45) is 0 Å². The van der Waals surface area contributed by atoms with E-state index in [4.69, 9.17) is 0 Å². The van der Waals surface area contributed by atoms with Gasteiger partial charge in [-0.1, -0.05) is 265 Å². The highest BCUT2D eigenvalue weighted by Gasteiger charge is 2.16. The number of hydrogen-bond donors (Lipinski definition) is 0. The molecule has 0 atom stereocenters. The first kappa shape index (κ1) is 51.2. The van der Waals surface area contributed by atoms with Crippen LogP contribution in [0.1, 0.15) is 303 Å². The molecule has 0 saturated heterocycles. The summed E-state index contributed by atoms with van der Waals surface area (Å²) < 4.78 is 5.32. The predicted octanol–water partition coefficient (Wildman–Crippen LogP) is 18.2. The van der Waals surface area contributed by atoms with Gasteiger partial charge in [0, 0.05) is 6.42 Å². The molecule has 1 aromatic heterocycles. The molecular weight excluding hydrogens is 653 g/mol. The van der Waals surface area contributed by atoms with Gasteiger partial charge in [0.2, 0.25) is 0 Å². The Morgan fingerprint density at radius 1 is 0.315 bits per heavy atom. The Kier molecular flexibility index (Phi) is 41.1. The lowest BCUT2D eigenvalue weighted by Crippen LogP contribution is -2.37. The van der Waals surface area contributed by atoms with Gasteiger partial charge in [-0.05, 0) is 32.1 Å². The van der Waals surface area contributed by atoms with E-state index >= 15 is 0 Å². The summed E-state index contributed by atoms with van der Waals surface area (Å²) in [5.41, 5.74) is 0. The van der Waals surface area contributed by atoms with Gasteiger partial charge in [-0.2, -0.15) is 0 Å². The van der Waals surface area contributed by atoms with Crippen molar-refractivity contribution in [1.82, 2.24) is 4.57 Å². The lowest BCUT2D eigenvalue weighted by Gasteiger charge is -2.07. The molecule has 0 spiro atoms. The molecule has 0 aromatic carbocycles. The van der Waals surface area contributed by atoms with Crippen LogP contribution >= 0.6 is 0 Å². The molecule has 1 heterocycles. The fourth-order valence-electron chi connectivity index (χ4n) is 8.80. The number of imidazole rings is 1. The topological polar surface area (TPSA) is 8.81 Å². The molecule has 0 bridgehead atoms. The van der Waals surface area contributed by atoms with Gasteiger partial charge in [0.05, 0.1) is 13.1 Å². The maximum atomic E-state index is 2.66. The quantitative estimate of drug-likeness (QED) is 0.0463. The number of aryl methyl sites for hydroxylation is 2. The van der Waals surface area contributed by atoms with Crippen LogP contribution in [0.3, 0.4) is 0 Å². The normalized spacial score (nSPS) is 11.7. The third kappa shape index (κ3) is 34.5. The third-order valence-electron chi connectivity index (χ3n) is 12.6. The van der Waals surface area contributed by atoms with Crippen LogP contribution in [0.4, 0.5) is 0 Å². The van der Waals surface area contributed by atoms with Gasteiger partial charge in [0.25, 0.3) is 5.82 Å². The van der Waals surface area contributed by atoms with Crippen molar-refractivity contribution in [3.8, 4) is 0 Å². The van der Waals surface area contributed by atoms with Gasteiger partial charge in [-0.25, -0.2) is 9.13 Å². The molecule has 1 aromatic rings. The van der Waals surface area contributed by atoms with E-state index < -0.39 is 0 Å². The van der Waals surface area contributed by atoms with E-state index in [1.54, 1.807) is 5.82 Å². The van der Waals surface area contributed by atoms with Crippen LogP contribution in [0.2, 0.25) is 0 Å². The van der Waals surface area contributed by atoms with Crippen molar-refractivity contribution in [2.45, 2.75) is 316 Å². The highest BCUT2D eigenvalue weighted by molar-refractivity contribution is 4.84. The van der Waals surface area contributed by atoms with Crippen LogP contribution in [0.25, 0.3) is 0 Å². The number of hydrogen-bond acceptors (Lipinski definition) is 0. The first-order chi connectivity index (χ1) is 26.8. The van der Waals surface area contributed by atoms with E-state index in [2.05, 4.69) is 42.3 Å². The summed E-state index contributed by atoms with van der Waals surface area (Å²) >= 11 is 0. The van der Waals surface area contributed by atoms with Gasteiger partial charge in [0.1, 0.15) is 12.4 Å². The van der Waals surface area contributed by atoms with Crippen molar-refractivity contribution in [1.29, 1.82) is 0 Å². The summed E-state index contributed by atoms with van der Waals surface area (Å²) in [5, 5.41) is 0. The molecule has 1 rings (SSSR count). The van der Waals surface area contributed by atoms with Crippen LogP contribution in [-0.2, 0) is 19.5 Å². The molecular formula is C52H103N2+. The standard InChI is InChI=1S/C52H103N2/c1-4-7-10-13-16-19-22-24-26-28-30-32-34-37-40-43-46-49-54-51-50-53(52(54)47-44-41-38-35-21-18-15-12-9-6-3)48-45-42-39-36-33-31-29-27-25-23-20-17-14-11-8-5-2/h50-51H,4-49H2,1-3H3/q+1. The van der Waals surface area contributed by atoms with Gasteiger partial charge < -0.3 is 0 Å². The summed E-state index contributed by atoms with van der Waals surface area (Å²) in [4.78, 5) is 0. The maximum absolute atomic E-state index is 2.66. The Labute approximate surface area is 342 Å². The maximum Gasteiger partial charge on any atom is 0.256 e. The highest BCUT2D eigenvalue weighted by Crippen LogP contribution is 2.17. The average molecular weight is 756 g/mol. The van der Waals surface area contributed by atoms with Crippen LogP contribution in [0.15, 0.2) is 12.4 Å². The Morgan fingerprint density at radius 2 is 0.574 bits per heavy atom. The first-order valence-corrected chi connectivity index (χ1v) is 25.9. The van der Waals surface area contributed by atoms with Crippen molar-refractivity contribution < 1.29 is 4.57 Å².